The Bertz CT molecular complexity index is 1540. The quantitative estimate of drug-likeness (QED) is 0.424. The van der Waals surface area contributed by atoms with E-state index < -0.39 is 10.0 Å². The molecule has 6 rings (SSSR count). The third-order valence-electron chi connectivity index (χ3n) is 6.94. The standard InChI is InChI=1S/C26H25N3O3S2/c1-16-4-3-13-29(15-16)34(31,32)20-11-9-18(10-12-20)25(30)28-26-27-24-21-6-2-5-17-7-8-19(23(17)21)14-22(24)33-26/h2,5-6,9-12,14,16H,3-4,7-8,13,15H2,1H3,(H,27,28,30). The van der Waals surface area contributed by atoms with Crippen LogP contribution in [0.3, 0.4) is 0 Å². The Kier molecular flexibility index (Phi) is 5.20. The van der Waals surface area contributed by atoms with Gasteiger partial charge in [0.1, 0.15) is 0 Å². The van der Waals surface area contributed by atoms with E-state index in [-0.39, 0.29) is 10.8 Å². The number of hydrogen-bond acceptors (Lipinski definition) is 5. The average Bonchev–Trinajstić information content (AvgIpc) is 3.44. The van der Waals surface area contributed by atoms with Crippen LogP contribution in [0.4, 0.5) is 5.13 Å². The van der Waals surface area contributed by atoms with Crippen LogP contribution < -0.4 is 5.32 Å². The van der Waals surface area contributed by atoms with Gasteiger partial charge in [-0.3, -0.25) is 10.1 Å². The molecule has 1 atom stereocenters. The maximum atomic E-state index is 13.0. The summed E-state index contributed by atoms with van der Waals surface area (Å²) < 4.78 is 28.6. The Balaban J connectivity index is 1.24. The van der Waals surface area contributed by atoms with Crippen LogP contribution in [-0.4, -0.2) is 36.7 Å². The maximum absolute atomic E-state index is 13.0. The van der Waals surface area contributed by atoms with E-state index in [9.17, 15) is 13.2 Å². The molecule has 1 unspecified atom stereocenters. The van der Waals surface area contributed by atoms with Crippen molar-refractivity contribution >= 4 is 53.4 Å². The van der Waals surface area contributed by atoms with E-state index in [0.29, 0.717) is 29.7 Å². The molecule has 4 aromatic rings. The minimum Gasteiger partial charge on any atom is -0.298 e. The monoisotopic (exact) mass is 491 g/mol. The maximum Gasteiger partial charge on any atom is 0.257 e. The number of carbonyl (C=O) groups excluding carboxylic acids is 1. The zero-order chi connectivity index (χ0) is 23.4. The summed E-state index contributed by atoms with van der Waals surface area (Å²) in [7, 11) is -3.55. The number of nitrogens with one attached hydrogen (secondary N) is 1. The van der Waals surface area contributed by atoms with E-state index in [1.165, 1.54) is 40.0 Å². The molecule has 1 aliphatic heterocycles. The largest absolute Gasteiger partial charge is 0.298 e. The Morgan fingerprint density at radius 3 is 2.71 bits per heavy atom. The third kappa shape index (κ3) is 3.61. The van der Waals surface area contributed by atoms with Gasteiger partial charge in [0.05, 0.1) is 15.1 Å². The van der Waals surface area contributed by atoms with Crippen LogP contribution in [0.15, 0.2) is 53.4 Å². The van der Waals surface area contributed by atoms with E-state index in [2.05, 4.69) is 36.5 Å². The summed E-state index contributed by atoms with van der Waals surface area (Å²) in [4.78, 5) is 17.8. The van der Waals surface area contributed by atoms with Gasteiger partial charge in [0.15, 0.2) is 5.13 Å². The van der Waals surface area contributed by atoms with Crippen LogP contribution in [0.5, 0.6) is 0 Å². The molecular formula is C26H25N3O3S2. The topological polar surface area (TPSA) is 79.4 Å². The van der Waals surface area contributed by atoms with Crippen molar-refractivity contribution in [1.29, 1.82) is 0 Å². The molecule has 2 aliphatic rings. The van der Waals surface area contributed by atoms with Gasteiger partial charge in [-0.25, -0.2) is 13.4 Å². The lowest BCUT2D eigenvalue weighted by atomic mass is 10.0. The van der Waals surface area contributed by atoms with Crippen molar-refractivity contribution < 1.29 is 13.2 Å². The number of benzene rings is 3. The molecule has 0 spiro atoms. The second-order valence-electron chi connectivity index (χ2n) is 9.33. The van der Waals surface area contributed by atoms with Crippen molar-refractivity contribution in [2.45, 2.75) is 37.5 Å². The molecule has 0 radical (unpaired) electrons. The molecule has 1 fully saturated rings. The Morgan fingerprint density at radius 1 is 1.12 bits per heavy atom. The highest BCUT2D eigenvalue weighted by Crippen LogP contribution is 2.39. The fraction of sp³-hybridized carbons (Fsp3) is 0.308. The summed E-state index contributed by atoms with van der Waals surface area (Å²) in [6.45, 7) is 3.16. The van der Waals surface area contributed by atoms with Crippen molar-refractivity contribution in [2.24, 2.45) is 5.92 Å². The zero-order valence-corrected chi connectivity index (χ0v) is 20.5. The third-order valence-corrected chi connectivity index (χ3v) is 9.74. The number of anilines is 1. The number of nitrogens with zero attached hydrogens (tertiary/aromatic N) is 2. The molecule has 0 saturated carbocycles. The lowest BCUT2D eigenvalue weighted by Gasteiger charge is -2.30. The first-order valence-corrected chi connectivity index (χ1v) is 13.9. The number of carbonyl (C=O) groups is 1. The molecule has 174 valence electrons. The highest BCUT2D eigenvalue weighted by Gasteiger charge is 2.28. The Labute approximate surface area is 202 Å². The normalized spacial score (nSPS) is 18.6. The molecule has 1 aromatic heterocycles. The minimum atomic E-state index is -3.55. The van der Waals surface area contributed by atoms with Gasteiger partial charge in [-0.15, -0.1) is 0 Å². The van der Waals surface area contributed by atoms with Crippen LogP contribution in [0.1, 0.15) is 41.3 Å². The van der Waals surface area contributed by atoms with E-state index in [1.807, 2.05) is 0 Å². The summed E-state index contributed by atoms with van der Waals surface area (Å²) in [5, 5.41) is 5.89. The number of piperidine rings is 1. The highest BCUT2D eigenvalue weighted by molar-refractivity contribution is 7.89. The minimum absolute atomic E-state index is 0.224. The number of amides is 1. The van der Waals surface area contributed by atoms with E-state index in [4.69, 9.17) is 4.98 Å². The van der Waals surface area contributed by atoms with E-state index >= 15 is 0 Å². The van der Waals surface area contributed by atoms with E-state index in [1.54, 1.807) is 16.4 Å². The lowest BCUT2D eigenvalue weighted by Crippen LogP contribution is -2.39. The van der Waals surface area contributed by atoms with Gasteiger partial charge < -0.3 is 0 Å². The van der Waals surface area contributed by atoms with Crippen LogP contribution >= 0.6 is 11.3 Å². The number of rotatable bonds is 4. The van der Waals surface area contributed by atoms with Crippen LogP contribution in [0.25, 0.3) is 21.0 Å². The Hall–Kier alpha value is -2.81. The molecule has 6 nitrogen and oxygen atoms in total. The van der Waals surface area contributed by atoms with Crippen molar-refractivity contribution in [2.75, 3.05) is 18.4 Å². The van der Waals surface area contributed by atoms with Gasteiger partial charge in [-0.1, -0.05) is 36.5 Å². The van der Waals surface area contributed by atoms with Crippen LogP contribution in [0, 0.1) is 5.92 Å². The molecule has 2 heterocycles. The van der Waals surface area contributed by atoms with Crippen molar-refractivity contribution in [3.8, 4) is 0 Å². The highest BCUT2D eigenvalue weighted by atomic mass is 32.2. The number of sulfonamides is 1. The van der Waals surface area contributed by atoms with E-state index in [0.717, 1.165) is 41.3 Å². The van der Waals surface area contributed by atoms with Crippen LogP contribution in [-0.2, 0) is 22.9 Å². The molecule has 1 saturated heterocycles. The molecular weight excluding hydrogens is 466 g/mol. The lowest BCUT2D eigenvalue weighted by molar-refractivity contribution is 0.102. The summed E-state index contributed by atoms with van der Waals surface area (Å²) in [5.74, 6) is 0.0584. The number of thiazole rings is 1. The number of aromatic nitrogens is 1. The molecule has 3 aromatic carbocycles. The predicted molar refractivity (Wildman–Crippen MR) is 136 cm³/mol. The first-order chi connectivity index (χ1) is 16.4. The molecule has 8 heteroatoms. The summed E-state index contributed by atoms with van der Waals surface area (Å²) in [5.41, 5.74) is 4.03. The number of hydrogen-bond donors (Lipinski definition) is 1. The van der Waals surface area contributed by atoms with Gasteiger partial charge >= 0.3 is 0 Å². The molecule has 1 aliphatic carbocycles. The Morgan fingerprint density at radius 2 is 1.91 bits per heavy atom. The SMILES string of the molecule is CC1CCCN(S(=O)(=O)c2ccc(C(=O)Nc3nc4c(cc5c6c(cccc64)CC5)s3)cc2)C1. The molecule has 1 amide bonds. The van der Waals surface area contributed by atoms with Crippen molar-refractivity contribution in [3.05, 3.63) is 65.2 Å². The number of aryl methyl sites for hydroxylation is 2. The van der Waals surface area contributed by atoms with Gasteiger partial charge in [-0.2, -0.15) is 4.31 Å². The van der Waals surface area contributed by atoms with Crippen molar-refractivity contribution in [3.63, 3.8) is 0 Å². The molecule has 0 bridgehead atoms. The second kappa shape index (κ2) is 8.15. The first-order valence-electron chi connectivity index (χ1n) is 11.7. The van der Waals surface area contributed by atoms with Gasteiger partial charge in [-0.05, 0) is 78.4 Å². The van der Waals surface area contributed by atoms with Gasteiger partial charge in [0, 0.05) is 24.0 Å². The average molecular weight is 492 g/mol. The van der Waals surface area contributed by atoms with Gasteiger partial charge in [0.2, 0.25) is 10.0 Å². The predicted octanol–water partition coefficient (Wildman–Crippen LogP) is 5.22. The summed E-state index contributed by atoms with van der Waals surface area (Å²) >= 11 is 1.47. The number of fused-ring (bicyclic) bond motifs is 2. The summed E-state index contributed by atoms with van der Waals surface area (Å²) in [6, 6.07) is 14.7. The fourth-order valence-electron chi connectivity index (χ4n) is 5.22. The van der Waals surface area contributed by atoms with Gasteiger partial charge in [0.25, 0.3) is 5.91 Å². The summed E-state index contributed by atoms with van der Waals surface area (Å²) in [6.07, 6.45) is 4.03. The molecule has 34 heavy (non-hydrogen) atoms. The first kappa shape index (κ1) is 21.7. The van der Waals surface area contributed by atoms with Crippen LogP contribution in [0.2, 0.25) is 0 Å². The molecule has 1 N–H and O–H groups in total. The smallest absolute Gasteiger partial charge is 0.257 e. The van der Waals surface area contributed by atoms with Crippen molar-refractivity contribution in [1.82, 2.24) is 9.29 Å². The zero-order valence-electron chi connectivity index (χ0n) is 18.9. The fourth-order valence-corrected chi connectivity index (χ4v) is 7.76. The second-order valence-corrected chi connectivity index (χ2v) is 12.3.